The number of carbonyl (C=O) groups excluding carboxylic acids is 2. The molecular formula is C16H12N2O5. The Kier molecular flexibility index (Phi) is 3.33. The molecule has 0 atom stereocenters. The maximum atomic E-state index is 12.6. The Hall–Kier alpha value is -3.22. The first kappa shape index (κ1) is 14.7. The van der Waals surface area contributed by atoms with E-state index in [2.05, 4.69) is 0 Å². The predicted molar refractivity (Wildman–Crippen MR) is 82.0 cm³/mol. The first-order valence-corrected chi connectivity index (χ1v) is 6.76. The number of aryl methyl sites for hydroxylation is 1. The lowest BCUT2D eigenvalue weighted by Crippen LogP contribution is -2.29. The molecule has 7 nitrogen and oxygen atoms in total. The molecule has 0 aromatic heterocycles. The monoisotopic (exact) mass is 312 g/mol. The van der Waals surface area contributed by atoms with Gasteiger partial charge in [0, 0.05) is 6.07 Å². The molecule has 1 heterocycles. The van der Waals surface area contributed by atoms with Gasteiger partial charge in [0.2, 0.25) is 0 Å². The highest BCUT2D eigenvalue weighted by Crippen LogP contribution is 2.38. The number of carbonyl (C=O) groups is 2. The molecule has 0 spiro atoms. The SMILES string of the molecule is COc1cc(C)ccc1N1C(=O)c2cccc([N+](=O)[O-])c2C1=O. The fourth-order valence-electron chi connectivity index (χ4n) is 2.61. The third-order valence-electron chi connectivity index (χ3n) is 3.67. The van der Waals surface area contributed by atoms with Gasteiger partial charge in [0.05, 0.1) is 23.3 Å². The van der Waals surface area contributed by atoms with Crippen LogP contribution in [0.4, 0.5) is 11.4 Å². The average Bonchev–Trinajstić information content (AvgIpc) is 2.79. The van der Waals surface area contributed by atoms with E-state index in [1.807, 2.05) is 6.92 Å². The van der Waals surface area contributed by atoms with Crippen molar-refractivity contribution >= 4 is 23.2 Å². The molecule has 7 heteroatoms. The smallest absolute Gasteiger partial charge is 0.283 e. The molecule has 0 saturated heterocycles. The predicted octanol–water partition coefficient (Wildman–Crippen LogP) is 2.71. The van der Waals surface area contributed by atoms with Gasteiger partial charge < -0.3 is 4.74 Å². The van der Waals surface area contributed by atoms with Gasteiger partial charge in [-0.15, -0.1) is 0 Å². The summed E-state index contributed by atoms with van der Waals surface area (Å²) >= 11 is 0. The Morgan fingerprint density at radius 2 is 1.87 bits per heavy atom. The molecule has 0 saturated carbocycles. The molecule has 0 aliphatic carbocycles. The van der Waals surface area contributed by atoms with Crippen LogP contribution in [0.15, 0.2) is 36.4 Å². The van der Waals surface area contributed by atoms with Crippen molar-refractivity contribution in [2.24, 2.45) is 0 Å². The minimum atomic E-state index is -0.723. The maximum Gasteiger partial charge on any atom is 0.283 e. The Bertz CT molecular complexity index is 860. The van der Waals surface area contributed by atoms with Crippen LogP contribution in [0.1, 0.15) is 26.3 Å². The standard InChI is InChI=1S/C16H12N2O5/c1-9-6-7-11(13(8-9)23-2)17-15(19)10-4-3-5-12(18(21)22)14(10)16(17)20/h3-8H,1-2H3. The summed E-state index contributed by atoms with van der Waals surface area (Å²) in [6.07, 6.45) is 0. The molecule has 2 aromatic rings. The van der Waals surface area contributed by atoms with Crippen molar-refractivity contribution in [3.63, 3.8) is 0 Å². The summed E-state index contributed by atoms with van der Waals surface area (Å²) in [5, 5.41) is 11.1. The van der Waals surface area contributed by atoms with E-state index in [0.717, 1.165) is 10.5 Å². The Morgan fingerprint density at radius 3 is 2.52 bits per heavy atom. The van der Waals surface area contributed by atoms with Crippen LogP contribution in [-0.4, -0.2) is 23.8 Å². The van der Waals surface area contributed by atoms with Gasteiger partial charge in [-0.2, -0.15) is 0 Å². The third kappa shape index (κ3) is 2.13. The van der Waals surface area contributed by atoms with Crippen molar-refractivity contribution < 1.29 is 19.2 Å². The summed E-state index contributed by atoms with van der Waals surface area (Å²) in [4.78, 5) is 36.6. The Morgan fingerprint density at radius 1 is 1.13 bits per heavy atom. The van der Waals surface area contributed by atoms with Crippen LogP contribution in [0.3, 0.4) is 0 Å². The molecule has 116 valence electrons. The molecule has 2 aromatic carbocycles. The lowest BCUT2D eigenvalue weighted by molar-refractivity contribution is -0.385. The van der Waals surface area contributed by atoms with Crippen LogP contribution >= 0.6 is 0 Å². The number of nitrogens with zero attached hydrogens (tertiary/aromatic N) is 2. The van der Waals surface area contributed by atoms with Crippen molar-refractivity contribution in [2.75, 3.05) is 12.0 Å². The van der Waals surface area contributed by atoms with Gasteiger partial charge in [-0.3, -0.25) is 19.7 Å². The van der Waals surface area contributed by atoms with Gasteiger partial charge in [0.15, 0.2) is 0 Å². The van der Waals surface area contributed by atoms with Gasteiger partial charge in [0.1, 0.15) is 11.3 Å². The number of hydrogen-bond donors (Lipinski definition) is 0. The van der Waals surface area contributed by atoms with E-state index >= 15 is 0 Å². The quantitative estimate of drug-likeness (QED) is 0.494. The number of anilines is 1. The number of rotatable bonds is 3. The number of nitro benzene ring substituents is 1. The summed E-state index contributed by atoms with van der Waals surface area (Å²) in [6.45, 7) is 1.85. The minimum absolute atomic E-state index is 0.0202. The maximum absolute atomic E-state index is 12.6. The van der Waals surface area contributed by atoms with Gasteiger partial charge in [-0.1, -0.05) is 12.1 Å². The molecule has 0 bridgehead atoms. The number of ether oxygens (including phenoxy) is 1. The fraction of sp³-hybridized carbons (Fsp3) is 0.125. The zero-order chi connectivity index (χ0) is 16.7. The van der Waals surface area contributed by atoms with Crippen molar-refractivity contribution in [3.05, 3.63) is 63.2 Å². The second kappa shape index (κ2) is 5.20. The summed E-state index contributed by atoms with van der Waals surface area (Å²) in [5.41, 5.74) is 0.609. The zero-order valence-corrected chi connectivity index (χ0v) is 12.4. The molecule has 0 radical (unpaired) electrons. The molecule has 1 aliphatic heterocycles. The van der Waals surface area contributed by atoms with Crippen LogP contribution in [-0.2, 0) is 0 Å². The number of hydrogen-bond acceptors (Lipinski definition) is 5. The summed E-state index contributed by atoms with van der Waals surface area (Å²) < 4.78 is 5.23. The van der Waals surface area contributed by atoms with E-state index < -0.39 is 16.7 Å². The third-order valence-corrected chi connectivity index (χ3v) is 3.67. The number of benzene rings is 2. The molecule has 3 rings (SSSR count). The van der Waals surface area contributed by atoms with E-state index in [1.54, 1.807) is 18.2 Å². The molecule has 2 amide bonds. The lowest BCUT2D eigenvalue weighted by Gasteiger charge is -2.17. The summed E-state index contributed by atoms with van der Waals surface area (Å²) in [5.74, 6) is -0.975. The largest absolute Gasteiger partial charge is 0.495 e. The van der Waals surface area contributed by atoms with Crippen LogP contribution in [0.5, 0.6) is 5.75 Å². The zero-order valence-electron chi connectivity index (χ0n) is 12.4. The van der Waals surface area contributed by atoms with Gasteiger partial charge in [-0.05, 0) is 30.7 Å². The molecule has 0 N–H and O–H groups in total. The number of nitro groups is 1. The van der Waals surface area contributed by atoms with E-state index in [1.165, 1.54) is 25.3 Å². The van der Waals surface area contributed by atoms with Crippen molar-refractivity contribution in [2.45, 2.75) is 6.92 Å². The van der Waals surface area contributed by atoms with Crippen molar-refractivity contribution in [1.29, 1.82) is 0 Å². The van der Waals surface area contributed by atoms with E-state index in [9.17, 15) is 19.7 Å². The topological polar surface area (TPSA) is 89.8 Å². The highest BCUT2D eigenvalue weighted by molar-refractivity contribution is 6.36. The Balaban J connectivity index is 2.19. The van der Waals surface area contributed by atoms with Crippen LogP contribution in [0.2, 0.25) is 0 Å². The molecule has 1 aliphatic rings. The first-order valence-electron chi connectivity index (χ1n) is 6.76. The summed E-state index contributed by atoms with van der Waals surface area (Å²) in [6, 6.07) is 9.01. The van der Waals surface area contributed by atoms with Gasteiger partial charge in [-0.25, -0.2) is 4.90 Å². The highest BCUT2D eigenvalue weighted by atomic mass is 16.6. The van der Waals surface area contributed by atoms with Crippen molar-refractivity contribution in [3.8, 4) is 5.75 Å². The molecule has 23 heavy (non-hydrogen) atoms. The van der Waals surface area contributed by atoms with Gasteiger partial charge in [0.25, 0.3) is 17.5 Å². The number of methoxy groups -OCH3 is 1. The lowest BCUT2D eigenvalue weighted by atomic mass is 10.1. The minimum Gasteiger partial charge on any atom is -0.495 e. The Labute approximate surface area is 131 Å². The average molecular weight is 312 g/mol. The van der Waals surface area contributed by atoms with Crippen molar-refractivity contribution in [1.82, 2.24) is 0 Å². The summed E-state index contributed by atoms with van der Waals surface area (Å²) in [7, 11) is 1.43. The molecule has 0 unspecified atom stereocenters. The van der Waals surface area contributed by atoms with Crippen LogP contribution < -0.4 is 9.64 Å². The number of amides is 2. The molecular weight excluding hydrogens is 300 g/mol. The van der Waals surface area contributed by atoms with Crippen LogP contribution in [0.25, 0.3) is 0 Å². The molecule has 0 fully saturated rings. The normalized spacial score (nSPS) is 13.2. The van der Waals surface area contributed by atoms with Crippen LogP contribution in [0, 0.1) is 17.0 Å². The second-order valence-electron chi connectivity index (χ2n) is 5.08. The van der Waals surface area contributed by atoms with E-state index in [-0.39, 0.29) is 22.5 Å². The first-order chi connectivity index (χ1) is 11.0. The number of fused-ring (bicyclic) bond motifs is 1. The highest BCUT2D eigenvalue weighted by Gasteiger charge is 2.42. The van der Waals surface area contributed by atoms with Gasteiger partial charge >= 0.3 is 0 Å². The number of imide groups is 1. The van der Waals surface area contributed by atoms with E-state index in [4.69, 9.17) is 4.74 Å². The second-order valence-corrected chi connectivity index (χ2v) is 5.08. The van der Waals surface area contributed by atoms with E-state index in [0.29, 0.717) is 5.75 Å². The fourth-order valence-corrected chi connectivity index (χ4v) is 2.61.